The van der Waals surface area contributed by atoms with E-state index in [2.05, 4.69) is 4.98 Å². The van der Waals surface area contributed by atoms with Crippen molar-refractivity contribution in [3.8, 4) is 0 Å². The Bertz CT molecular complexity index is 366. The van der Waals surface area contributed by atoms with Gasteiger partial charge in [-0.15, -0.1) is 11.3 Å². The molecule has 1 aliphatic carbocycles. The van der Waals surface area contributed by atoms with E-state index in [0.717, 1.165) is 36.4 Å². The first kappa shape index (κ1) is 10.6. The zero-order valence-electron chi connectivity index (χ0n) is 8.82. The van der Waals surface area contributed by atoms with Gasteiger partial charge >= 0.3 is 5.97 Å². The lowest BCUT2D eigenvalue weighted by molar-refractivity contribution is -0.148. The fourth-order valence-electron chi connectivity index (χ4n) is 2.35. The summed E-state index contributed by atoms with van der Waals surface area (Å²) in [6, 6.07) is 0. The quantitative estimate of drug-likeness (QED) is 0.860. The molecule has 0 saturated heterocycles. The number of carbonyl (C=O) groups is 1. The van der Waals surface area contributed by atoms with Crippen LogP contribution >= 0.6 is 11.3 Å². The van der Waals surface area contributed by atoms with Crippen molar-refractivity contribution in [1.82, 2.24) is 4.98 Å². The van der Waals surface area contributed by atoms with Crippen molar-refractivity contribution >= 4 is 17.3 Å². The zero-order chi connectivity index (χ0) is 10.9. The van der Waals surface area contributed by atoms with Crippen LogP contribution in [0.4, 0.5) is 0 Å². The third-order valence-electron chi connectivity index (χ3n) is 3.20. The van der Waals surface area contributed by atoms with E-state index in [-0.39, 0.29) is 0 Å². The van der Waals surface area contributed by atoms with Crippen LogP contribution in [0.25, 0.3) is 0 Å². The van der Waals surface area contributed by atoms with Gasteiger partial charge in [-0.2, -0.15) is 0 Å². The fourth-order valence-corrected chi connectivity index (χ4v) is 2.97. The summed E-state index contributed by atoms with van der Waals surface area (Å²) in [6.45, 7) is 1.95. The second-order valence-electron chi connectivity index (χ2n) is 4.33. The topological polar surface area (TPSA) is 50.2 Å². The highest BCUT2D eigenvalue weighted by Crippen LogP contribution is 2.41. The monoisotopic (exact) mass is 225 g/mol. The van der Waals surface area contributed by atoms with E-state index in [1.165, 1.54) is 0 Å². The number of hydrogen-bond donors (Lipinski definition) is 1. The van der Waals surface area contributed by atoms with E-state index < -0.39 is 11.4 Å². The highest BCUT2D eigenvalue weighted by atomic mass is 32.1. The molecule has 2 rings (SSSR count). The van der Waals surface area contributed by atoms with Crippen molar-refractivity contribution in [2.45, 2.75) is 39.0 Å². The molecule has 0 bridgehead atoms. The number of carboxylic acids is 1. The second kappa shape index (κ2) is 3.93. The summed E-state index contributed by atoms with van der Waals surface area (Å²) in [7, 11) is 0. The number of rotatable bonds is 3. The van der Waals surface area contributed by atoms with Gasteiger partial charge in [-0.25, -0.2) is 4.98 Å². The first-order valence-electron chi connectivity index (χ1n) is 5.27. The van der Waals surface area contributed by atoms with Crippen LogP contribution in [-0.2, 0) is 11.2 Å². The van der Waals surface area contributed by atoms with Gasteiger partial charge in [0.2, 0.25) is 0 Å². The molecule has 1 N–H and O–H groups in total. The van der Waals surface area contributed by atoms with Crippen LogP contribution < -0.4 is 0 Å². The molecule has 1 aromatic heterocycles. The number of thiazole rings is 1. The van der Waals surface area contributed by atoms with Crippen LogP contribution in [-0.4, -0.2) is 16.1 Å². The molecular formula is C11H15NO2S. The van der Waals surface area contributed by atoms with E-state index in [4.69, 9.17) is 0 Å². The van der Waals surface area contributed by atoms with E-state index in [9.17, 15) is 9.90 Å². The Balaban J connectivity index is 2.17. The number of aromatic nitrogens is 1. The summed E-state index contributed by atoms with van der Waals surface area (Å²) in [4.78, 5) is 15.7. The summed E-state index contributed by atoms with van der Waals surface area (Å²) >= 11 is 1.59. The Hall–Kier alpha value is -0.900. The average molecular weight is 225 g/mol. The predicted octanol–water partition coefficient (Wildman–Crippen LogP) is 2.64. The van der Waals surface area contributed by atoms with Crippen molar-refractivity contribution in [3.05, 3.63) is 16.1 Å². The maximum absolute atomic E-state index is 11.3. The van der Waals surface area contributed by atoms with E-state index in [1.807, 2.05) is 12.3 Å². The molecule has 0 radical (unpaired) electrons. The number of carboxylic acid groups (broad SMARTS) is 1. The van der Waals surface area contributed by atoms with Crippen molar-refractivity contribution in [1.29, 1.82) is 0 Å². The van der Waals surface area contributed by atoms with Crippen LogP contribution in [0.5, 0.6) is 0 Å². The van der Waals surface area contributed by atoms with Gasteiger partial charge in [0.15, 0.2) is 0 Å². The SMILES string of the molecule is Cc1nc(CC2(C(=O)O)CCCC2)cs1. The van der Waals surface area contributed by atoms with E-state index in [0.29, 0.717) is 6.42 Å². The fraction of sp³-hybridized carbons (Fsp3) is 0.636. The molecule has 82 valence electrons. The number of hydrogen-bond acceptors (Lipinski definition) is 3. The van der Waals surface area contributed by atoms with Crippen LogP contribution in [0.2, 0.25) is 0 Å². The van der Waals surface area contributed by atoms with Crippen molar-refractivity contribution in [2.24, 2.45) is 5.41 Å². The largest absolute Gasteiger partial charge is 0.481 e. The third-order valence-corrected chi connectivity index (χ3v) is 4.02. The van der Waals surface area contributed by atoms with Gasteiger partial charge in [0, 0.05) is 11.8 Å². The number of aryl methyl sites for hydroxylation is 1. The summed E-state index contributed by atoms with van der Waals surface area (Å²) in [6.07, 6.45) is 4.29. The molecule has 1 saturated carbocycles. The summed E-state index contributed by atoms with van der Waals surface area (Å²) in [5.74, 6) is -0.648. The van der Waals surface area contributed by atoms with Crippen molar-refractivity contribution in [2.75, 3.05) is 0 Å². The predicted molar refractivity (Wildman–Crippen MR) is 59.1 cm³/mol. The van der Waals surface area contributed by atoms with E-state index in [1.54, 1.807) is 11.3 Å². The highest BCUT2D eigenvalue weighted by molar-refractivity contribution is 7.09. The minimum absolute atomic E-state index is 0.527. The highest BCUT2D eigenvalue weighted by Gasteiger charge is 2.41. The summed E-state index contributed by atoms with van der Waals surface area (Å²) < 4.78 is 0. The maximum Gasteiger partial charge on any atom is 0.310 e. The van der Waals surface area contributed by atoms with Crippen LogP contribution in [0.1, 0.15) is 36.4 Å². The van der Waals surface area contributed by atoms with E-state index >= 15 is 0 Å². The molecule has 0 unspecified atom stereocenters. The van der Waals surface area contributed by atoms with Crippen LogP contribution in [0.15, 0.2) is 5.38 Å². The Kier molecular flexibility index (Phi) is 2.78. The first-order chi connectivity index (χ1) is 7.12. The normalized spacial score (nSPS) is 19.3. The van der Waals surface area contributed by atoms with Crippen LogP contribution in [0.3, 0.4) is 0 Å². The Morgan fingerprint density at radius 1 is 1.60 bits per heavy atom. The molecule has 1 heterocycles. The first-order valence-corrected chi connectivity index (χ1v) is 6.15. The minimum atomic E-state index is -0.648. The van der Waals surface area contributed by atoms with Crippen molar-refractivity contribution < 1.29 is 9.90 Å². The van der Waals surface area contributed by atoms with Crippen molar-refractivity contribution in [3.63, 3.8) is 0 Å². The van der Waals surface area contributed by atoms with Gasteiger partial charge in [0.25, 0.3) is 0 Å². The number of aliphatic carboxylic acids is 1. The van der Waals surface area contributed by atoms with Gasteiger partial charge < -0.3 is 5.11 Å². The molecule has 0 amide bonds. The Morgan fingerprint density at radius 2 is 2.27 bits per heavy atom. The lowest BCUT2D eigenvalue weighted by atomic mass is 9.82. The van der Waals surface area contributed by atoms with Gasteiger partial charge in [-0.05, 0) is 19.8 Å². The van der Waals surface area contributed by atoms with Gasteiger partial charge in [0.1, 0.15) is 0 Å². The van der Waals surface area contributed by atoms with Gasteiger partial charge in [-0.3, -0.25) is 4.79 Å². The molecule has 0 atom stereocenters. The molecule has 15 heavy (non-hydrogen) atoms. The molecule has 1 fully saturated rings. The summed E-state index contributed by atoms with van der Waals surface area (Å²) in [5.41, 5.74) is 0.419. The Labute approximate surface area is 93.2 Å². The lowest BCUT2D eigenvalue weighted by Gasteiger charge is -2.22. The molecular weight excluding hydrogens is 210 g/mol. The smallest absolute Gasteiger partial charge is 0.310 e. The molecule has 3 nitrogen and oxygen atoms in total. The third kappa shape index (κ3) is 2.04. The molecule has 0 aliphatic heterocycles. The summed E-state index contributed by atoms with van der Waals surface area (Å²) in [5, 5.41) is 12.3. The molecule has 1 aliphatic rings. The molecule has 0 spiro atoms. The zero-order valence-corrected chi connectivity index (χ0v) is 9.64. The second-order valence-corrected chi connectivity index (χ2v) is 5.39. The standard InChI is InChI=1S/C11H15NO2S/c1-8-12-9(7-15-8)6-11(10(13)14)4-2-3-5-11/h7H,2-6H2,1H3,(H,13,14). The van der Waals surface area contributed by atoms with Crippen LogP contribution in [0, 0.1) is 12.3 Å². The average Bonchev–Trinajstić information content (AvgIpc) is 2.77. The lowest BCUT2D eigenvalue weighted by Crippen LogP contribution is -2.30. The minimum Gasteiger partial charge on any atom is -0.481 e. The number of nitrogens with zero attached hydrogens (tertiary/aromatic N) is 1. The Morgan fingerprint density at radius 3 is 2.73 bits per heavy atom. The van der Waals surface area contributed by atoms with Gasteiger partial charge in [-0.1, -0.05) is 12.8 Å². The molecule has 4 heteroatoms. The maximum atomic E-state index is 11.3. The molecule has 1 aromatic rings. The molecule has 0 aromatic carbocycles. The van der Waals surface area contributed by atoms with Gasteiger partial charge in [0.05, 0.1) is 16.1 Å².